The van der Waals surface area contributed by atoms with Crippen molar-refractivity contribution in [1.29, 1.82) is 0 Å². The number of hydrogen-bond acceptors (Lipinski definition) is 5. The van der Waals surface area contributed by atoms with Crippen LogP contribution < -0.4 is 10.6 Å². The van der Waals surface area contributed by atoms with E-state index in [1.54, 1.807) is 6.20 Å². The molecule has 0 aliphatic carbocycles. The summed E-state index contributed by atoms with van der Waals surface area (Å²) < 4.78 is 7.17. The third-order valence-corrected chi connectivity index (χ3v) is 3.58. The van der Waals surface area contributed by atoms with Crippen LogP contribution in [0.5, 0.6) is 0 Å². The Labute approximate surface area is 172 Å². The van der Waals surface area contributed by atoms with Crippen LogP contribution in [0.15, 0.2) is 28.0 Å². The van der Waals surface area contributed by atoms with E-state index >= 15 is 0 Å². The maximum absolute atomic E-state index is 5.25. The topological polar surface area (TPSA) is 93.2 Å². The summed E-state index contributed by atoms with van der Waals surface area (Å²) in [4.78, 5) is 8.97. The zero-order chi connectivity index (χ0) is 17.9. The van der Waals surface area contributed by atoms with Crippen molar-refractivity contribution in [2.75, 3.05) is 19.6 Å². The molecule has 2 rings (SSSR count). The lowest BCUT2D eigenvalue weighted by Crippen LogP contribution is -2.38. The van der Waals surface area contributed by atoms with Crippen molar-refractivity contribution in [3.05, 3.63) is 30.2 Å². The summed E-state index contributed by atoms with van der Waals surface area (Å²) >= 11 is 0. The van der Waals surface area contributed by atoms with Gasteiger partial charge in [0, 0.05) is 50.9 Å². The van der Waals surface area contributed by atoms with Gasteiger partial charge in [0.15, 0.2) is 11.8 Å². The fourth-order valence-corrected chi connectivity index (χ4v) is 2.25. The van der Waals surface area contributed by atoms with Crippen molar-refractivity contribution in [2.24, 2.45) is 4.99 Å². The van der Waals surface area contributed by atoms with E-state index in [4.69, 9.17) is 4.52 Å². The molecule has 0 fully saturated rings. The first kappa shape index (κ1) is 22.4. The second-order valence-electron chi connectivity index (χ2n) is 6.11. The molecule has 0 aliphatic heterocycles. The molecular formula is C17H30IN7O. The monoisotopic (exact) mass is 475 g/mol. The van der Waals surface area contributed by atoms with Gasteiger partial charge in [-0.2, -0.15) is 10.1 Å². The second kappa shape index (κ2) is 12.7. The van der Waals surface area contributed by atoms with Crippen LogP contribution in [0.1, 0.15) is 51.2 Å². The predicted molar refractivity (Wildman–Crippen MR) is 113 cm³/mol. The van der Waals surface area contributed by atoms with Gasteiger partial charge in [-0.25, -0.2) is 0 Å². The highest BCUT2D eigenvalue weighted by Crippen LogP contribution is 2.10. The number of aromatic nitrogens is 4. The molecule has 9 heteroatoms. The van der Waals surface area contributed by atoms with E-state index in [1.807, 2.05) is 16.9 Å². The fraction of sp³-hybridized carbons (Fsp3) is 0.647. The molecule has 2 heterocycles. The molecule has 2 aromatic rings. The Morgan fingerprint density at radius 2 is 2.15 bits per heavy atom. The van der Waals surface area contributed by atoms with Gasteiger partial charge < -0.3 is 15.2 Å². The summed E-state index contributed by atoms with van der Waals surface area (Å²) in [6.07, 6.45) is 6.40. The van der Waals surface area contributed by atoms with Gasteiger partial charge in [0.05, 0.1) is 0 Å². The van der Waals surface area contributed by atoms with Gasteiger partial charge in [0.2, 0.25) is 5.89 Å². The summed E-state index contributed by atoms with van der Waals surface area (Å²) in [6.45, 7) is 9.47. The zero-order valence-electron chi connectivity index (χ0n) is 15.8. The highest BCUT2D eigenvalue weighted by molar-refractivity contribution is 14.0. The van der Waals surface area contributed by atoms with Crippen LogP contribution in [0.2, 0.25) is 0 Å². The summed E-state index contributed by atoms with van der Waals surface area (Å²) in [5.74, 6) is 2.61. The quantitative estimate of drug-likeness (QED) is 0.238. The number of aliphatic imine (C=N–C) groups is 1. The highest BCUT2D eigenvalue weighted by Gasteiger charge is 2.09. The minimum atomic E-state index is 0. The van der Waals surface area contributed by atoms with Gasteiger partial charge in [-0.3, -0.25) is 9.67 Å². The number of hydrogen-bond donors (Lipinski definition) is 2. The molecule has 2 aromatic heterocycles. The molecule has 0 aromatic carbocycles. The van der Waals surface area contributed by atoms with Gasteiger partial charge >= 0.3 is 0 Å². The summed E-state index contributed by atoms with van der Waals surface area (Å²) in [5, 5.41) is 14.8. The third kappa shape index (κ3) is 8.15. The molecule has 0 bridgehead atoms. The maximum atomic E-state index is 5.25. The number of guanidine groups is 1. The highest BCUT2D eigenvalue weighted by atomic mass is 127. The van der Waals surface area contributed by atoms with Gasteiger partial charge in [0.1, 0.15) is 0 Å². The largest absolute Gasteiger partial charge is 0.357 e. The summed E-state index contributed by atoms with van der Waals surface area (Å²) in [7, 11) is 0. The van der Waals surface area contributed by atoms with Gasteiger partial charge in [-0.15, -0.1) is 24.0 Å². The van der Waals surface area contributed by atoms with Crippen LogP contribution in [-0.2, 0) is 13.0 Å². The molecule has 146 valence electrons. The van der Waals surface area contributed by atoms with Crippen LogP contribution in [0.4, 0.5) is 0 Å². The van der Waals surface area contributed by atoms with Crippen molar-refractivity contribution in [3.63, 3.8) is 0 Å². The van der Waals surface area contributed by atoms with Crippen molar-refractivity contribution in [2.45, 2.75) is 52.5 Å². The smallest absolute Gasteiger partial charge is 0.226 e. The Morgan fingerprint density at radius 3 is 2.81 bits per heavy atom. The lowest BCUT2D eigenvalue weighted by atomic mass is 10.2. The molecule has 0 radical (unpaired) electrons. The van der Waals surface area contributed by atoms with Crippen molar-refractivity contribution in [1.82, 2.24) is 30.6 Å². The molecular weight excluding hydrogens is 445 g/mol. The van der Waals surface area contributed by atoms with E-state index in [1.165, 1.54) is 0 Å². The van der Waals surface area contributed by atoms with Crippen LogP contribution in [0, 0.1) is 0 Å². The minimum Gasteiger partial charge on any atom is -0.357 e. The number of aryl methyl sites for hydroxylation is 2. The summed E-state index contributed by atoms with van der Waals surface area (Å²) in [5.41, 5.74) is 0. The first-order valence-corrected chi connectivity index (χ1v) is 9.01. The second-order valence-corrected chi connectivity index (χ2v) is 6.11. The molecule has 0 saturated heterocycles. The van der Waals surface area contributed by atoms with E-state index in [2.05, 4.69) is 51.6 Å². The van der Waals surface area contributed by atoms with E-state index in [0.717, 1.165) is 57.2 Å². The molecule has 2 N–H and O–H groups in total. The maximum Gasteiger partial charge on any atom is 0.226 e. The van der Waals surface area contributed by atoms with E-state index in [9.17, 15) is 0 Å². The van der Waals surface area contributed by atoms with Gasteiger partial charge in [-0.05, 0) is 25.8 Å². The van der Waals surface area contributed by atoms with Crippen molar-refractivity contribution in [3.8, 4) is 0 Å². The first-order chi connectivity index (χ1) is 12.2. The zero-order valence-corrected chi connectivity index (χ0v) is 18.1. The molecule has 8 nitrogen and oxygen atoms in total. The third-order valence-electron chi connectivity index (χ3n) is 3.58. The molecule has 0 aliphatic rings. The lowest BCUT2D eigenvalue weighted by Gasteiger charge is -2.10. The fourth-order valence-electron chi connectivity index (χ4n) is 2.25. The van der Waals surface area contributed by atoms with Crippen LogP contribution in [-0.4, -0.2) is 45.5 Å². The van der Waals surface area contributed by atoms with E-state index in [-0.39, 0.29) is 24.0 Å². The van der Waals surface area contributed by atoms with E-state index in [0.29, 0.717) is 11.8 Å². The van der Waals surface area contributed by atoms with E-state index < -0.39 is 0 Å². The predicted octanol–water partition coefficient (Wildman–Crippen LogP) is 2.59. The normalized spacial score (nSPS) is 11.5. The summed E-state index contributed by atoms with van der Waals surface area (Å²) in [6, 6.07) is 1.93. The molecule has 0 amide bonds. The van der Waals surface area contributed by atoms with Crippen molar-refractivity contribution < 1.29 is 4.52 Å². The Kier molecular flexibility index (Phi) is 10.9. The number of halogens is 1. The van der Waals surface area contributed by atoms with Crippen LogP contribution >= 0.6 is 24.0 Å². The average Bonchev–Trinajstić information content (AvgIpc) is 3.27. The molecule has 26 heavy (non-hydrogen) atoms. The molecule has 0 saturated carbocycles. The lowest BCUT2D eigenvalue weighted by molar-refractivity contribution is 0.368. The first-order valence-electron chi connectivity index (χ1n) is 9.01. The molecule has 0 atom stereocenters. The van der Waals surface area contributed by atoms with Crippen molar-refractivity contribution >= 4 is 29.9 Å². The Morgan fingerprint density at radius 1 is 1.31 bits per heavy atom. The Hall–Kier alpha value is -1.65. The number of rotatable bonds is 10. The number of nitrogens with zero attached hydrogens (tertiary/aromatic N) is 5. The Bertz CT molecular complexity index is 625. The van der Waals surface area contributed by atoms with Gasteiger partial charge in [-0.1, -0.05) is 19.0 Å². The minimum absolute atomic E-state index is 0. The Balaban J connectivity index is 0.00000338. The van der Waals surface area contributed by atoms with Gasteiger partial charge in [0.25, 0.3) is 0 Å². The van der Waals surface area contributed by atoms with Crippen LogP contribution in [0.3, 0.4) is 0 Å². The molecule has 0 spiro atoms. The average molecular weight is 475 g/mol. The standard InChI is InChI=1S/C17H29N7O.HI/c1-4-18-17(20-10-6-12-24-13-7-11-21-24)19-9-5-8-15-22-16(14(2)3)23-25-15;/h7,11,13-14H,4-6,8-10,12H2,1-3H3,(H2,18,19,20);1H. The molecule has 0 unspecified atom stereocenters. The number of nitrogens with one attached hydrogen (secondary N) is 2. The SMILES string of the molecule is CCNC(=NCCCn1cccn1)NCCCc1nc(C(C)C)no1.I. The van der Waals surface area contributed by atoms with Crippen LogP contribution in [0.25, 0.3) is 0 Å².